The Morgan fingerprint density at radius 2 is 1.11 bits per heavy atom. The van der Waals surface area contributed by atoms with Crippen molar-refractivity contribution < 1.29 is 28.8 Å². The summed E-state index contributed by atoms with van der Waals surface area (Å²) in [6.45, 7) is 2.48. The molecule has 0 amide bonds. The Hall–Kier alpha value is -5.69. The Bertz CT molecular complexity index is 1890. The minimum absolute atomic E-state index is 0.0868. The third-order valence-corrected chi connectivity index (χ3v) is 7.08. The molecular formula is C37H30O7. The number of hydrogen-bond donors (Lipinski definition) is 2. The second-order valence-corrected chi connectivity index (χ2v) is 10.4. The second kappa shape index (κ2) is 12.7. The average molecular weight is 587 g/mol. The lowest BCUT2D eigenvalue weighted by Gasteiger charge is -2.19. The molecule has 2 N–H and O–H groups in total. The first-order chi connectivity index (χ1) is 21.5. The number of aromatic hydroxyl groups is 2. The zero-order chi connectivity index (χ0) is 30.5. The zero-order valence-electron chi connectivity index (χ0n) is 24.0. The molecular weight excluding hydrogens is 556 g/mol. The average Bonchev–Trinajstić information content (AvgIpc) is 3.04. The molecule has 220 valence electrons. The van der Waals surface area contributed by atoms with E-state index < -0.39 is 11.2 Å². The van der Waals surface area contributed by atoms with Crippen LogP contribution in [-0.2, 0) is 19.8 Å². The number of benzene rings is 5. The molecule has 7 nitrogen and oxygen atoms in total. The maximum Gasteiger partial charge on any atom is 0.238 e. The minimum Gasteiger partial charge on any atom is -0.507 e. The summed E-state index contributed by atoms with van der Waals surface area (Å²) in [7, 11) is 0. The highest BCUT2D eigenvalue weighted by Gasteiger charge is 2.23. The molecule has 0 unspecified atom stereocenters. The molecule has 44 heavy (non-hydrogen) atoms. The molecule has 0 radical (unpaired) electrons. The number of phenolic OH excluding ortho intramolecular Hbond substituents is 1. The number of aryl methyl sites for hydroxylation is 1. The molecule has 0 aliphatic rings. The van der Waals surface area contributed by atoms with Crippen molar-refractivity contribution in [3.05, 3.63) is 148 Å². The fraction of sp³-hybridized carbons (Fsp3) is 0.108. The number of fused-ring (bicyclic) bond motifs is 1. The fourth-order valence-electron chi connectivity index (χ4n) is 4.88. The predicted octanol–water partition coefficient (Wildman–Crippen LogP) is 7.92. The molecule has 7 heteroatoms. The number of hydrogen-bond acceptors (Lipinski definition) is 7. The van der Waals surface area contributed by atoms with E-state index in [0.29, 0.717) is 28.4 Å². The molecule has 0 aliphatic heterocycles. The first-order valence-electron chi connectivity index (χ1n) is 14.1. The Kier molecular flexibility index (Phi) is 8.19. The lowest BCUT2D eigenvalue weighted by molar-refractivity contribution is 0.230. The van der Waals surface area contributed by atoms with E-state index in [9.17, 15) is 15.0 Å². The lowest BCUT2D eigenvalue weighted by Crippen LogP contribution is -2.06. The van der Waals surface area contributed by atoms with Crippen LogP contribution in [0.3, 0.4) is 0 Å². The van der Waals surface area contributed by atoms with Gasteiger partial charge in [0.1, 0.15) is 36.5 Å². The molecule has 0 saturated carbocycles. The standard InChI is InChI=1S/C37H30O7/c1-24-17-29(38)33-30(18-24)44-36(35(40)34(33)39)28-19-31(41-21-25-11-5-2-6-12-25)37(43-23-27-15-9-4-10-16-27)32(20-28)42-22-26-13-7-3-8-14-26/h2-20,38,40H,21-23H2,1H3. The Labute approximate surface area is 254 Å². The summed E-state index contributed by atoms with van der Waals surface area (Å²) in [6.07, 6.45) is 0. The largest absolute Gasteiger partial charge is 0.507 e. The van der Waals surface area contributed by atoms with Crippen LogP contribution in [0.1, 0.15) is 22.3 Å². The van der Waals surface area contributed by atoms with Crippen molar-refractivity contribution in [1.29, 1.82) is 0 Å². The van der Waals surface area contributed by atoms with Crippen LogP contribution in [0.2, 0.25) is 0 Å². The molecule has 1 heterocycles. The highest BCUT2D eigenvalue weighted by Crippen LogP contribution is 2.45. The van der Waals surface area contributed by atoms with E-state index in [1.165, 1.54) is 6.07 Å². The van der Waals surface area contributed by atoms with Crippen molar-refractivity contribution in [2.45, 2.75) is 26.7 Å². The number of ether oxygens (including phenoxy) is 3. The Balaban J connectivity index is 1.49. The molecule has 6 aromatic rings. The predicted molar refractivity (Wildman–Crippen MR) is 168 cm³/mol. The van der Waals surface area contributed by atoms with Crippen LogP contribution < -0.4 is 19.6 Å². The van der Waals surface area contributed by atoms with Gasteiger partial charge in [-0.15, -0.1) is 0 Å². The lowest BCUT2D eigenvalue weighted by atomic mass is 10.1. The summed E-state index contributed by atoms with van der Waals surface area (Å²) in [5, 5.41) is 21.4. The van der Waals surface area contributed by atoms with Crippen molar-refractivity contribution in [3.8, 4) is 40.1 Å². The third kappa shape index (κ3) is 6.22. The van der Waals surface area contributed by atoms with Gasteiger partial charge < -0.3 is 28.8 Å². The van der Waals surface area contributed by atoms with Gasteiger partial charge in [-0.1, -0.05) is 91.0 Å². The van der Waals surface area contributed by atoms with E-state index in [1.54, 1.807) is 25.1 Å². The number of phenols is 1. The molecule has 0 aliphatic carbocycles. The molecule has 0 atom stereocenters. The summed E-state index contributed by atoms with van der Waals surface area (Å²) in [4.78, 5) is 13.2. The zero-order valence-corrected chi connectivity index (χ0v) is 24.0. The van der Waals surface area contributed by atoms with Crippen LogP contribution in [0.15, 0.2) is 124 Å². The van der Waals surface area contributed by atoms with Gasteiger partial charge in [-0.3, -0.25) is 4.79 Å². The first kappa shape index (κ1) is 28.4. The summed E-state index contributed by atoms with van der Waals surface area (Å²) >= 11 is 0. The first-order valence-corrected chi connectivity index (χ1v) is 14.1. The van der Waals surface area contributed by atoms with Crippen LogP contribution >= 0.6 is 0 Å². The van der Waals surface area contributed by atoms with Crippen molar-refractivity contribution in [3.63, 3.8) is 0 Å². The van der Waals surface area contributed by atoms with Crippen LogP contribution in [0, 0.1) is 6.92 Å². The van der Waals surface area contributed by atoms with E-state index in [2.05, 4.69) is 0 Å². The van der Waals surface area contributed by atoms with Crippen molar-refractivity contribution in [2.24, 2.45) is 0 Å². The highest BCUT2D eigenvalue weighted by atomic mass is 16.5. The van der Waals surface area contributed by atoms with Gasteiger partial charge in [0.2, 0.25) is 16.9 Å². The Morgan fingerprint density at radius 1 is 0.636 bits per heavy atom. The normalized spacial score (nSPS) is 10.9. The van der Waals surface area contributed by atoms with E-state index in [-0.39, 0.29) is 42.3 Å². The van der Waals surface area contributed by atoms with Crippen LogP contribution in [0.25, 0.3) is 22.3 Å². The topological polar surface area (TPSA) is 98.4 Å². The van der Waals surface area contributed by atoms with Crippen molar-refractivity contribution in [2.75, 3.05) is 0 Å². The SMILES string of the molecule is Cc1cc(O)c2c(=O)c(O)c(-c3cc(OCc4ccccc4)c(OCc4ccccc4)c(OCc4ccccc4)c3)oc2c1. The van der Waals surface area contributed by atoms with Gasteiger partial charge in [-0.05, 0) is 53.4 Å². The molecule has 0 bridgehead atoms. The quantitative estimate of drug-likeness (QED) is 0.168. The van der Waals surface area contributed by atoms with Gasteiger partial charge in [-0.25, -0.2) is 0 Å². The minimum atomic E-state index is -0.748. The van der Waals surface area contributed by atoms with E-state index in [4.69, 9.17) is 18.6 Å². The summed E-state index contributed by atoms with van der Waals surface area (Å²) < 4.78 is 25.0. The molecule has 0 fully saturated rings. The Morgan fingerprint density at radius 3 is 1.61 bits per heavy atom. The summed E-state index contributed by atoms with van der Waals surface area (Å²) in [5.74, 6) is 0.0348. The molecule has 6 rings (SSSR count). The maximum absolute atomic E-state index is 13.2. The highest BCUT2D eigenvalue weighted by molar-refractivity contribution is 5.88. The molecule has 1 aromatic heterocycles. The van der Waals surface area contributed by atoms with Gasteiger partial charge in [0.25, 0.3) is 0 Å². The van der Waals surface area contributed by atoms with Gasteiger partial charge in [-0.2, -0.15) is 0 Å². The monoisotopic (exact) mass is 586 g/mol. The van der Waals surface area contributed by atoms with Gasteiger partial charge in [0, 0.05) is 5.56 Å². The van der Waals surface area contributed by atoms with E-state index in [0.717, 1.165) is 16.7 Å². The number of rotatable bonds is 10. The van der Waals surface area contributed by atoms with E-state index >= 15 is 0 Å². The third-order valence-electron chi connectivity index (χ3n) is 7.08. The smallest absolute Gasteiger partial charge is 0.238 e. The fourth-order valence-corrected chi connectivity index (χ4v) is 4.88. The van der Waals surface area contributed by atoms with Crippen LogP contribution in [-0.4, -0.2) is 10.2 Å². The van der Waals surface area contributed by atoms with Gasteiger partial charge in [0.05, 0.1) is 0 Å². The molecule has 0 saturated heterocycles. The maximum atomic E-state index is 13.2. The summed E-state index contributed by atoms with van der Waals surface area (Å²) in [5.41, 5.74) is 3.24. The van der Waals surface area contributed by atoms with E-state index in [1.807, 2.05) is 91.0 Å². The second-order valence-electron chi connectivity index (χ2n) is 10.4. The van der Waals surface area contributed by atoms with Crippen molar-refractivity contribution >= 4 is 11.0 Å². The summed E-state index contributed by atoms with van der Waals surface area (Å²) in [6, 6.07) is 35.5. The van der Waals surface area contributed by atoms with Gasteiger partial charge >= 0.3 is 0 Å². The van der Waals surface area contributed by atoms with Gasteiger partial charge in [0.15, 0.2) is 17.3 Å². The molecule has 0 spiro atoms. The molecule has 5 aromatic carbocycles. The van der Waals surface area contributed by atoms with Crippen LogP contribution in [0.5, 0.6) is 28.7 Å². The van der Waals surface area contributed by atoms with Crippen LogP contribution in [0.4, 0.5) is 0 Å². The van der Waals surface area contributed by atoms with Crippen molar-refractivity contribution in [1.82, 2.24) is 0 Å².